The number of rotatable bonds is 6. The Bertz CT molecular complexity index is 1180. The number of hydrogen-bond acceptors (Lipinski definition) is 4. The summed E-state index contributed by atoms with van der Waals surface area (Å²) in [6.45, 7) is 4.17. The van der Waals surface area contributed by atoms with Gasteiger partial charge in [0.2, 0.25) is 5.91 Å². The first kappa shape index (κ1) is 22.0. The summed E-state index contributed by atoms with van der Waals surface area (Å²) >= 11 is 1.52. The van der Waals surface area contributed by atoms with Crippen LogP contribution in [0, 0.1) is 0 Å². The lowest BCUT2D eigenvalue weighted by Crippen LogP contribution is -2.40. The molecule has 1 aliphatic carbocycles. The number of thiazole rings is 1. The Morgan fingerprint density at radius 2 is 1.81 bits per heavy atom. The van der Waals surface area contributed by atoms with Gasteiger partial charge in [0.05, 0.1) is 7.11 Å². The molecule has 0 bridgehead atoms. The van der Waals surface area contributed by atoms with Gasteiger partial charge in [-0.25, -0.2) is 0 Å². The van der Waals surface area contributed by atoms with Crippen LogP contribution in [0.15, 0.2) is 59.6 Å². The van der Waals surface area contributed by atoms with Crippen molar-refractivity contribution in [2.24, 2.45) is 4.99 Å². The van der Waals surface area contributed by atoms with E-state index in [1.54, 1.807) is 36.3 Å². The molecule has 2 amide bonds. The summed E-state index contributed by atoms with van der Waals surface area (Å²) in [5.74, 6) is 0.349. The van der Waals surface area contributed by atoms with Gasteiger partial charge in [-0.2, -0.15) is 4.99 Å². The van der Waals surface area contributed by atoms with Crippen molar-refractivity contribution in [2.45, 2.75) is 45.7 Å². The molecule has 4 rings (SSSR count). The molecule has 0 spiro atoms. The predicted molar refractivity (Wildman–Crippen MR) is 126 cm³/mol. The van der Waals surface area contributed by atoms with Gasteiger partial charge in [0.25, 0.3) is 5.91 Å². The van der Waals surface area contributed by atoms with Crippen molar-refractivity contribution in [3.63, 3.8) is 0 Å². The highest BCUT2D eigenvalue weighted by Crippen LogP contribution is 2.25. The number of anilines is 1. The molecular formula is C25H27N3O3S. The Kier molecular flexibility index (Phi) is 6.55. The second-order valence-corrected chi connectivity index (χ2v) is 9.09. The molecule has 166 valence electrons. The largest absolute Gasteiger partial charge is 0.497 e. The minimum Gasteiger partial charge on any atom is -0.497 e. The van der Waals surface area contributed by atoms with E-state index in [4.69, 9.17) is 4.74 Å². The second-order valence-electron chi connectivity index (χ2n) is 8.03. The molecule has 0 saturated carbocycles. The Hall–Kier alpha value is -3.19. The van der Waals surface area contributed by atoms with Crippen LogP contribution in [0.25, 0.3) is 0 Å². The summed E-state index contributed by atoms with van der Waals surface area (Å²) in [7, 11) is 1.59. The maximum atomic E-state index is 13.4. The lowest BCUT2D eigenvalue weighted by atomic mass is 10.2. The van der Waals surface area contributed by atoms with Gasteiger partial charge >= 0.3 is 0 Å². The van der Waals surface area contributed by atoms with Gasteiger partial charge in [-0.3, -0.25) is 9.59 Å². The number of amides is 2. The normalized spacial score (nSPS) is 13.3. The zero-order valence-electron chi connectivity index (χ0n) is 18.6. The van der Waals surface area contributed by atoms with Crippen LogP contribution in [-0.4, -0.2) is 29.5 Å². The van der Waals surface area contributed by atoms with Crippen molar-refractivity contribution in [1.82, 2.24) is 4.57 Å². The summed E-state index contributed by atoms with van der Waals surface area (Å²) < 4.78 is 7.10. The summed E-state index contributed by atoms with van der Waals surface area (Å²) in [6, 6.07) is 16.6. The van der Waals surface area contributed by atoms with Gasteiger partial charge in [-0.1, -0.05) is 18.2 Å². The highest BCUT2D eigenvalue weighted by Gasteiger charge is 2.24. The fraction of sp³-hybridized carbons (Fsp3) is 0.320. The molecule has 32 heavy (non-hydrogen) atoms. The number of nitrogens with zero attached hydrogens (tertiary/aromatic N) is 3. The van der Waals surface area contributed by atoms with Crippen LogP contribution < -0.4 is 14.4 Å². The Labute approximate surface area is 191 Å². The molecule has 1 aromatic heterocycles. The maximum Gasteiger partial charge on any atom is 0.279 e. The molecule has 6 nitrogen and oxygen atoms in total. The number of fused-ring (bicyclic) bond motifs is 1. The SMILES string of the molecule is COc1ccc(C(=O)N=c2sc3c(n2CC(=O)N(c2ccccc2)C(C)C)CCC3)cc1. The molecule has 2 aromatic carbocycles. The third kappa shape index (κ3) is 4.53. The molecule has 0 atom stereocenters. The van der Waals surface area contributed by atoms with E-state index in [1.165, 1.54) is 16.2 Å². The molecule has 0 unspecified atom stereocenters. The van der Waals surface area contributed by atoms with Gasteiger partial charge in [-0.05, 0) is 69.5 Å². The number of methoxy groups -OCH3 is 1. The van der Waals surface area contributed by atoms with Gasteiger partial charge in [-0.15, -0.1) is 11.3 Å². The van der Waals surface area contributed by atoms with E-state index in [0.717, 1.165) is 30.6 Å². The fourth-order valence-electron chi connectivity index (χ4n) is 4.04. The average molecular weight is 450 g/mol. The van der Waals surface area contributed by atoms with Crippen molar-refractivity contribution in [1.29, 1.82) is 0 Å². The van der Waals surface area contributed by atoms with Crippen LogP contribution >= 0.6 is 11.3 Å². The number of aryl methyl sites for hydroxylation is 1. The predicted octanol–water partition coefficient (Wildman–Crippen LogP) is 4.23. The van der Waals surface area contributed by atoms with Crippen molar-refractivity contribution in [2.75, 3.05) is 12.0 Å². The third-order valence-electron chi connectivity index (χ3n) is 5.56. The first-order chi connectivity index (χ1) is 15.5. The molecule has 0 fully saturated rings. The smallest absolute Gasteiger partial charge is 0.279 e. The summed E-state index contributed by atoms with van der Waals surface area (Å²) in [6.07, 6.45) is 2.93. The Balaban J connectivity index is 1.67. The lowest BCUT2D eigenvalue weighted by molar-refractivity contribution is -0.119. The molecule has 0 N–H and O–H groups in total. The highest BCUT2D eigenvalue weighted by atomic mass is 32.1. The van der Waals surface area contributed by atoms with Crippen LogP contribution in [0.3, 0.4) is 0 Å². The standard InChI is InChI=1S/C25H27N3O3S/c1-17(2)28(19-8-5-4-6-9-19)23(29)16-27-21-10-7-11-22(21)32-25(27)26-24(30)18-12-14-20(31-3)15-13-18/h4-6,8-9,12-15,17H,7,10-11,16H2,1-3H3. The van der Waals surface area contributed by atoms with E-state index in [2.05, 4.69) is 4.99 Å². The number of aromatic nitrogens is 1. The average Bonchev–Trinajstić information content (AvgIpc) is 3.37. The second kappa shape index (κ2) is 9.53. The van der Waals surface area contributed by atoms with Crippen molar-refractivity contribution in [3.8, 4) is 5.75 Å². The summed E-state index contributed by atoms with van der Waals surface area (Å²) in [5, 5.41) is 0. The van der Waals surface area contributed by atoms with Gasteiger partial charge in [0.15, 0.2) is 4.80 Å². The number of ether oxygens (including phenoxy) is 1. The Morgan fingerprint density at radius 1 is 1.09 bits per heavy atom. The van der Waals surface area contributed by atoms with Crippen molar-refractivity contribution in [3.05, 3.63) is 75.5 Å². The first-order valence-electron chi connectivity index (χ1n) is 10.8. The maximum absolute atomic E-state index is 13.4. The molecule has 0 saturated heterocycles. The van der Waals surface area contributed by atoms with Crippen LogP contribution in [0.4, 0.5) is 5.69 Å². The number of benzene rings is 2. The fourth-order valence-corrected chi connectivity index (χ4v) is 5.25. The molecule has 7 heteroatoms. The van der Waals surface area contributed by atoms with E-state index in [0.29, 0.717) is 16.1 Å². The molecule has 1 aliphatic rings. The van der Waals surface area contributed by atoms with E-state index < -0.39 is 0 Å². The summed E-state index contributed by atoms with van der Waals surface area (Å²) in [5.41, 5.74) is 2.49. The van der Waals surface area contributed by atoms with Gasteiger partial charge < -0.3 is 14.2 Å². The van der Waals surface area contributed by atoms with E-state index >= 15 is 0 Å². The van der Waals surface area contributed by atoms with Crippen molar-refractivity contribution < 1.29 is 14.3 Å². The zero-order valence-corrected chi connectivity index (χ0v) is 19.4. The minimum absolute atomic E-state index is 0.0125. The molecular weight excluding hydrogens is 422 g/mol. The molecule has 1 heterocycles. The zero-order chi connectivity index (χ0) is 22.7. The van der Waals surface area contributed by atoms with Gasteiger partial charge in [0, 0.05) is 27.9 Å². The summed E-state index contributed by atoms with van der Waals surface area (Å²) in [4.78, 5) is 34.2. The van der Waals surface area contributed by atoms with E-state index in [9.17, 15) is 9.59 Å². The topological polar surface area (TPSA) is 63.9 Å². The third-order valence-corrected chi connectivity index (χ3v) is 6.74. The lowest BCUT2D eigenvalue weighted by Gasteiger charge is -2.27. The van der Waals surface area contributed by atoms with E-state index in [-0.39, 0.29) is 24.4 Å². The Morgan fingerprint density at radius 3 is 2.47 bits per heavy atom. The van der Waals surface area contributed by atoms with Crippen LogP contribution in [0.5, 0.6) is 5.75 Å². The molecule has 0 aliphatic heterocycles. The number of hydrogen-bond donors (Lipinski definition) is 0. The quantitative estimate of drug-likeness (QED) is 0.566. The number of carbonyl (C=O) groups excluding carboxylic acids is 2. The first-order valence-corrected chi connectivity index (χ1v) is 11.6. The monoisotopic (exact) mass is 449 g/mol. The number of para-hydroxylation sites is 1. The number of carbonyl (C=O) groups is 2. The highest BCUT2D eigenvalue weighted by molar-refractivity contribution is 7.09. The van der Waals surface area contributed by atoms with Gasteiger partial charge in [0.1, 0.15) is 12.3 Å². The van der Waals surface area contributed by atoms with Crippen molar-refractivity contribution >= 4 is 28.8 Å². The van der Waals surface area contributed by atoms with Crippen LogP contribution in [0.2, 0.25) is 0 Å². The molecule has 0 radical (unpaired) electrons. The van der Waals surface area contributed by atoms with E-state index in [1.807, 2.05) is 48.7 Å². The van der Waals surface area contributed by atoms with Crippen LogP contribution in [-0.2, 0) is 24.2 Å². The molecule has 3 aromatic rings. The van der Waals surface area contributed by atoms with Crippen LogP contribution in [0.1, 0.15) is 41.2 Å². The minimum atomic E-state index is -0.322.